The van der Waals surface area contributed by atoms with Gasteiger partial charge in [0.15, 0.2) is 0 Å². The smallest absolute Gasteiger partial charge is 0.237 e. The van der Waals surface area contributed by atoms with Crippen LogP contribution in [0.5, 0.6) is 5.88 Å². The Morgan fingerprint density at radius 1 is 1.13 bits per heavy atom. The van der Waals surface area contributed by atoms with Crippen LogP contribution in [0.4, 0.5) is 5.69 Å². The summed E-state index contributed by atoms with van der Waals surface area (Å²) in [5.74, 6) is 0.429. The molecule has 2 N–H and O–H groups in total. The van der Waals surface area contributed by atoms with E-state index in [0.29, 0.717) is 11.6 Å². The Kier molecular flexibility index (Phi) is 2.49. The van der Waals surface area contributed by atoms with Gasteiger partial charge in [0.05, 0.1) is 24.2 Å². The van der Waals surface area contributed by atoms with Crippen molar-refractivity contribution in [2.45, 2.75) is 0 Å². The van der Waals surface area contributed by atoms with Gasteiger partial charge in [-0.1, -0.05) is 6.07 Å². The van der Waals surface area contributed by atoms with E-state index in [1.807, 2.05) is 24.3 Å². The first-order valence-corrected chi connectivity index (χ1v) is 4.53. The van der Waals surface area contributed by atoms with E-state index in [-0.39, 0.29) is 0 Å². The maximum atomic E-state index is 5.67. The highest BCUT2D eigenvalue weighted by molar-refractivity contribution is 5.60. The number of nitrogens with two attached hydrogens (primary N) is 1. The highest BCUT2D eigenvalue weighted by atomic mass is 16.5. The normalized spacial score (nSPS) is 9.93. The molecule has 0 saturated carbocycles. The highest BCUT2D eigenvalue weighted by Gasteiger charge is 2.04. The molecule has 0 radical (unpaired) electrons. The number of rotatable bonds is 2. The monoisotopic (exact) mass is 201 g/mol. The molecule has 0 saturated heterocycles. The fourth-order valence-electron chi connectivity index (χ4n) is 1.27. The number of hydrogen-bond acceptors (Lipinski definition) is 4. The van der Waals surface area contributed by atoms with Gasteiger partial charge in [-0.05, 0) is 24.3 Å². The number of pyridine rings is 2. The van der Waals surface area contributed by atoms with Crippen molar-refractivity contribution in [2.24, 2.45) is 0 Å². The van der Waals surface area contributed by atoms with E-state index in [0.717, 1.165) is 11.4 Å². The summed E-state index contributed by atoms with van der Waals surface area (Å²) in [6, 6.07) is 9.23. The first-order chi connectivity index (χ1) is 7.31. The zero-order chi connectivity index (χ0) is 10.7. The molecule has 2 aromatic rings. The molecule has 0 fully saturated rings. The van der Waals surface area contributed by atoms with Crippen LogP contribution in [0.2, 0.25) is 0 Å². The van der Waals surface area contributed by atoms with Gasteiger partial charge < -0.3 is 10.5 Å². The van der Waals surface area contributed by atoms with Crippen molar-refractivity contribution in [3.05, 3.63) is 36.5 Å². The van der Waals surface area contributed by atoms with Crippen LogP contribution in [-0.4, -0.2) is 17.1 Å². The third kappa shape index (κ3) is 1.88. The summed E-state index contributed by atoms with van der Waals surface area (Å²) >= 11 is 0. The average molecular weight is 201 g/mol. The summed E-state index contributed by atoms with van der Waals surface area (Å²) in [7, 11) is 1.54. The molecule has 76 valence electrons. The maximum Gasteiger partial charge on any atom is 0.237 e. The summed E-state index contributed by atoms with van der Waals surface area (Å²) in [5, 5.41) is 0. The molecular formula is C11H11N3O. The minimum atomic E-state index is 0.429. The number of anilines is 1. The summed E-state index contributed by atoms with van der Waals surface area (Å²) in [5.41, 5.74) is 7.75. The van der Waals surface area contributed by atoms with Crippen LogP contribution >= 0.6 is 0 Å². The average Bonchev–Trinajstić information content (AvgIpc) is 2.31. The van der Waals surface area contributed by atoms with Crippen LogP contribution in [0.1, 0.15) is 0 Å². The lowest BCUT2D eigenvalue weighted by Gasteiger charge is -2.05. The Hall–Kier alpha value is -2.10. The number of methoxy groups -OCH3 is 1. The Bertz CT molecular complexity index is 457. The minimum Gasteiger partial charge on any atom is -0.480 e. The fourth-order valence-corrected chi connectivity index (χ4v) is 1.27. The number of nitrogens with zero attached hydrogens (tertiary/aromatic N) is 2. The van der Waals surface area contributed by atoms with Gasteiger partial charge in [-0.3, -0.25) is 4.98 Å². The van der Waals surface area contributed by atoms with Crippen molar-refractivity contribution in [3.8, 4) is 17.3 Å². The number of hydrogen-bond donors (Lipinski definition) is 1. The van der Waals surface area contributed by atoms with Crippen molar-refractivity contribution in [1.82, 2.24) is 9.97 Å². The highest BCUT2D eigenvalue weighted by Crippen LogP contribution is 2.22. The lowest BCUT2D eigenvalue weighted by Crippen LogP contribution is -1.96. The SMILES string of the molecule is COc1nc(-c2ccccn2)ccc1N. The van der Waals surface area contributed by atoms with Gasteiger partial charge in [-0.2, -0.15) is 0 Å². The van der Waals surface area contributed by atoms with E-state index >= 15 is 0 Å². The number of aromatic nitrogens is 2. The Balaban J connectivity index is 2.46. The maximum absolute atomic E-state index is 5.67. The van der Waals surface area contributed by atoms with E-state index in [1.54, 1.807) is 19.4 Å². The minimum absolute atomic E-state index is 0.429. The Morgan fingerprint density at radius 3 is 2.67 bits per heavy atom. The molecule has 0 aliphatic rings. The van der Waals surface area contributed by atoms with E-state index in [4.69, 9.17) is 10.5 Å². The molecule has 15 heavy (non-hydrogen) atoms. The lowest BCUT2D eigenvalue weighted by molar-refractivity contribution is 0.401. The second-order valence-corrected chi connectivity index (χ2v) is 3.01. The van der Waals surface area contributed by atoms with Gasteiger partial charge in [0.25, 0.3) is 0 Å². The van der Waals surface area contributed by atoms with Crippen molar-refractivity contribution >= 4 is 5.69 Å². The van der Waals surface area contributed by atoms with Crippen molar-refractivity contribution in [1.29, 1.82) is 0 Å². The molecule has 4 heteroatoms. The van der Waals surface area contributed by atoms with Crippen molar-refractivity contribution < 1.29 is 4.74 Å². The van der Waals surface area contributed by atoms with Gasteiger partial charge in [0.1, 0.15) is 0 Å². The van der Waals surface area contributed by atoms with Crippen LogP contribution < -0.4 is 10.5 Å². The number of nitrogen functional groups attached to an aromatic ring is 1. The zero-order valence-electron chi connectivity index (χ0n) is 8.34. The van der Waals surface area contributed by atoms with Gasteiger partial charge >= 0.3 is 0 Å². The topological polar surface area (TPSA) is 61.0 Å². The molecular weight excluding hydrogens is 190 g/mol. The van der Waals surface area contributed by atoms with E-state index in [1.165, 1.54) is 0 Å². The van der Waals surface area contributed by atoms with Gasteiger partial charge in [-0.25, -0.2) is 4.98 Å². The van der Waals surface area contributed by atoms with Gasteiger partial charge in [0, 0.05) is 6.20 Å². The Labute approximate surface area is 87.7 Å². The second kappa shape index (κ2) is 3.96. The van der Waals surface area contributed by atoms with Crippen LogP contribution in [0.3, 0.4) is 0 Å². The Morgan fingerprint density at radius 2 is 2.00 bits per heavy atom. The van der Waals surface area contributed by atoms with Crippen LogP contribution in [0.25, 0.3) is 11.4 Å². The molecule has 0 spiro atoms. The van der Waals surface area contributed by atoms with Crippen LogP contribution in [0.15, 0.2) is 36.5 Å². The van der Waals surface area contributed by atoms with Crippen LogP contribution in [-0.2, 0) is 0 Å². The second-order valence-electron chi connectivity index (χ2n) is 3.01. The lowest BCUT2D eigenvalue weighted by atomic mass is 10.2. The molecule has 4 nitrogen and oxygen atoms in total. The van der Waals surface area contributed by atoms with Gasteiger partial charge in [0.2, 0.25) is 5.88 Å². The van der Waals surface area contributed by atoms with E-state index in [2.05, 4.69) is 9.97 Å². The fraction of sp³-hybridized carbons (Fsp3) is 0.0909. The van der Waals surface area contributed by atoms with E-state index < -0.39 is 0 Å². The molecule has 2 rings (SSSR count). The summed E-state index contributed by atoms with van der Waals surface area (Å²) < 4.78 is 5.04. The predicted octanol–water partition coefficient (Wildman–Crippen LogP) is 1.73. The molecule has 0 aliphatic heterocycles. The predicted molar refractivity (Wildman–Crippen MR) is 58.4 cm³/mol. The molecule has 2 heterocycles. The first kappa shape index (κ1) is 9.45. The molecule has 0 aromatic carbocycles. The summed E-state index contributed by atoms with van der Waals surface area (Å²) in [6.07, 6.45) is 1.72. The summed E-state index contributed by atoms with van der Waals surface area (Å²) in [6.45, 7) is 0. The molecule has 0 unspecified atom stereocenters. The first-order valence-electron chi connectivity index (χ1n) is 4.53. The third-order valence-electron chi connectivity index (χ3n) is 2.01. The standard InChI is InChI=1S/C11H11N3O/c1-15-11-8(12)5-6-10(14-11)9-4-2-3-7-13-9/h2-7H,12H2,1H3. The number of ether oxygens (including phenoxy) is 1. The van der Waals surface area contributed by atoms with Crippen molar-refractivity contribution in [3.63, 3.8) is 0 Å². The molecule has 0 bridgehead atoms. The third-order valence-corrected chi connectivity index (χ3v) is 2.01. The molecule has 2 aromatic heterocycles. The van der Waals surface area contributed by atoms with Gasteiger partial charge in [-0.15, -0.1) is 0 Å². The molecule has 0 amide bonds. The summed E-state index contributed by atoms with van der Waals surface area (Å²) in [4.78, 5) is 8.45. The molecule has 0 atom stereocenters. The quantitative estimate of drug-likeness (QED) is 0.803. The zero-order valence-corrected chi connectivity index (χ0v) is 8.34. The van der Waals surface area contributed by atoms with Crippen molar-refractivity contribution in [2.75, 3.05) is 12.8 Å². The molecule has 0 aliphatic carbocycles. The van der Waals surface area contributed by atoms with E-state index in [9.17, 15) is 0 Å². The largest absolute Gasteiger partial charge is 0.480 e. The van der Waals surface area contributed by atoms with Crippen LogP contribution in [0, 0.1) is 0 Å².